The van der Waals surface area contributed by atoms with Crippen LogP contribution in [0.15, 0.2) is 5.38 Å². The molecule has 0 amide bonds. The third kappa shape index (κ3) is 2.76. The molecule has 1 aliphatic heterocycles. The van der Waals surface area contributed by atoms with Crippen molar-refractivity contribution < 1.29 is 4.74 Å². The molecule has 0 saturated carbocycles. The van der Waals surface area contributed by atoms with Crippen LogP contribution in [0.4, 0.5) is 0 Å². The highest BCUT2D eigenvalue weighted by Gasteiger charge is 2.31. The summed E-state index contributed by atoms with van der Waals surface area (Å²) in [6, 6.07) is 0.625. The van der Waals surface area contributed by atoms with Crippen molar-refractivity contribution >= 4 is 11.3 Å². The standard InChI is InChI=1S/C14H24N2OS/c1-4-14(5-2,17-3)13-16-12(10-18-13)9-11-7-6-8-15-11/h10-11,15H,4-9H2,1-3H3. The SMILES string of the molecule is CCC(CC)(OC)c1nc(CC2CCCN2)cs1. The summed E-state index contributed by atoms with van der Waals surface area (Å²) in [5, 5.41) is 6.87. The fourth-order valence-electron chi connectivity index (χ4n) is 2.72. The average Bonchev–Trinajstić information content (AvgIpc) is 3.05. The van der Waals surface area contributed by atoms with Gasteiger partial charge in [-0.05, 0) is 32.2 Å². The van der Waals surface area contributed by atoms with Crippen LogP contribution in [0.3, 0.4) is 0 Å². The van der Waals surface area contributed by atoms with E-state index in [2.05, 4.69) is 24.5 Å². The summed E-state index contributed by atoms with van der Waals surface area (Å²) >= 11 is 1.75. The molecule has 4 heteroatoms. The number of hydrogen-bond acceptors (Lipinski definition) is 4. The molecule has 18 heavy (non-hydrogen) atoms. The lowest BCUT2D eigenvalue weighted by atomic mass is 9.98. The third-order valence-corrected chi connectivity index (χ3v) is 5.17. The Morgan fingerprint density at radius 3 is 2.83 bits per heavy atom. The lowest BCUT2D eigenvalue weighted by Gasteiger charge is -2.27. The van der Waals surface area contributed by atoms with Gasteiger partial charge in [-0.1, -0.05) is 13.8 Å². The maximum absolute atomic E-state index is 5.74. The van der Waals surface area contributed by atoms with Crippen LogP contribution < -0.4 is 5.32 Å². The van der Waals surface area contributed by atoms with Crippen molar-refractivity contribution in [3.8, 4) is 0 Å². The molecule has 2 rings (SSSR count). The lowest BCUT2D eigenvalue weighted by Crippen LogP contribution is -2.27. The van der Waals surface area contributed by atoms with Crippen molar-refractivity contribution in [3.63, 3.8) is 0 Å². The van der Waals surface area contributed by atoms with Crippen LogP contribution in [0.25, 0.3) is 0 Å². The van der Waals surface area contributed by atoms with E-state index >= 15 is 0 Å². The molecular weight excluding hydrogens is 244 g/mol. The molecule has 0 bridgehead atoms. The Kier molecular flexibility index (Phi) is 4.76. The van der Waals surface area contributed by atoms with Crippen LogP contribution in [0, 0.1) is 0 Å². The van der Waals surface area contributed by atoms with Gasteiger partial charge in [-0.25, -0.2) is 4.98 Å². The molecule has 3 nitrogen and oxygen atoms in total. The van der Waals surface area contributed by atoms with Gasteiger partial charge < -0.3 is 10.1 Å². The van der Waals surface area contributed by atoms with Gasteiger partial charge in [-0.15, -0.1) is 11.3 Å². The Bertz CT molecular complexity index is 359. The first kappa shape index (κ1) is 14.0. The molecule has 1 aliphatic rings. The zero-order chi connectivity index (χ0) is 13.0. The number of rotatable bonds is 6. The average molecular weight is 268 g/mol. The topological polar surface area (TPSA) is 34.1 Å². The van der Waals surface area contributed by atoms with E-state index in [0.717, 1.165) is 30.8 Å². The van der Waals surface area contributed by atoms with E-state index in [0.29, 0.717) is 6.04 Å². The van der Waals surface area contributed by atoms with Crippen LogP contribution in [-0.4, -0.2) is 24.7 Å². The van der Waals surface area contributed by atoms with Crippen LogP contribution in [-0.2, 0) is 16.8 Å². The Balaban J connectivity index is 2.08. The summed E-state index contributed by atoms with van der Waals surface area (Å²) in [6.07, 6.45) is 5.60. The molecule has 1 unspecified atom stereocenters. The summed E-state index contributed by atoms with van der Waals surface area (Å²) in [7, 11) is 1.80. The third-order valence-electron chi connectivity index (χ3n) is 4.09. The van der Waals surface area contributed by atoms with Crippen LogP contribution >= 0.6 is 11.3 Å². The zero-order valence-electron chi connectivity index (χ0n) is 11.7. The van der Waals surface area contributed by atoms with Crippen molar-refractivity contribution in [2.24, 2.45) is 0 Å². The van der Waals surface area contributed by atoms with Gasteiger partial charge in [0.2, 0.25) is 0 Å². The van der Waals surface area contributed by atoms with Crippen LogP contribution in [0.2, 0.25) is 0 Å². The first-order valence-electron chi connectivity index (χ1n) is 6.97. The summed E-state index contributed by atoms with van der Waals surface area (Å²) in [4.78, 5) is 4.81. The fourth-order valence-corrected chi connectivity index (χ4v) is 3.88. The number of thiazole rings is 1. The lowest BCUT2D eigenvalue weighted by molar-refractivity contribution is -0.0219. The Labute approximate surface area is 114 Å². The monoisotopic (exact) mass is 268 g/mol. The zero-order valence-corrected chi connectivity index (χ0v) is 12.5. The molecule has 1 aromatic rings. The number of hydrogen-bond donors (Lipinski definition) is 1. The van der Waals surface area contributed by atoms with E-state index in [1.54, 1.807) is 18.4 Å². The molecule has 0 aromatic carbocycles. The van der Waals surface area contributed by atoms with Crippen molar-refractivity contribution in [1.82, 2.24) is 10.3 Å². The normalized spacial score (nSPS) is 20.5. The van der Waals surface area contributed by atoms with Crippen molar-refractivity contribution in [3.05, 3.63) is 16.1 Å². The maximum atomic E-state index is 5.74. The highest BCUT2D eigenvalue weighted by molar-refractivity contribution is 7.09. The molecule has 0 spiro atoms. The van der Waals surface area contributed by atoms with Gasteiger partial charge in [-0.3, -0.25) is 0 Å². The second-order valence-electron chi connectivity index (χ2n) is 5.05. The summed E-state index contributed by atoms with van der Waals surface area (Å²) < 4.78 is 5.74. The van der Waals surface area contributed by atoms with Crippen LogP contribution in [0.1, 0.15) is 50.2 Å². The van der Waals surface area contributed by atoms with E-state index in [4.69, 9.17) is 9.72 Å². The maximum Gasteiger partial charge on any atom is 0.125 e. The predicted molar refractivity (Wildman–Crippen MR) is 76.1 cm³/mol. The molecule has 102 valence electrons. The highest BCUT2D eigenvalue weighted by Crippen LogP contribution is 2.34. The second kappa shape index (κ2) is 6.13. The molecule has 0 aliphatic carbocycles. The number of ether oxygens (including phenoxy) is 1. The van der Waals surface area contributed by atoms with E-state index in [9.17, 15) is 0 Å². The molecule has 1 atom stereocenters. The van der Waals surface area contributed by atoms with E-state index in [-0.39, 0.29) is 5.60 Å². The van der Waals surface area contributed by atoms with Gasteiger partial charge >= 0.3 is 0 Å². The molecule has 1 N–H and O–H groups in total. The van der Waals surface area contributed by atoms with E-state index in [1.807, 2.05) is 0 Å². The number of aromatic nitrogens is 1. The van der Waals surface area contributed by atoms with Gasteiger partial charge in [-0.2, -0.15) is 0 Å². The Morgan fingerprint density at radius 2 is 2.28 bits per heavy atom. The molecular formula is C14H24N2OS. The smallest absolute Gasteiger partial charge is 0.125 e. The molecule has 1 aromatic heterocycles. The van der Waals surface area contributed by atoms with Crippen LogP contribution in [0.5, 0.6) is 0 Å². The van der Waals surface area contributed by atoms with Gasteiger partial charge in [0.1, 0.15) is 10.6 Å². The van der Waals surface area contributed by atoms with E-state index < -0.39 is 0 Å². The first-order chi connectivity index (χ1) is 8.74. The molecule has 0 radical (unpaired) electrons. The van der Waals surface area contributed by atoms with Crippen molar-refractivity contribution in [2.45, 2.75) is 57.6 Å². The minimum atomic E-state index is -0.175. The Morgan fingerprint density at radius 1 is 1.50 bits per heavy atom. The number of methoxy groups -OCH3 is 1. The number of nitrogens with zero attached hydrogens (tertiary/aromatic N) is 1. The molecule has 1 fully saturated rings. The van der Waals surface area contributed by atoms with Crippen molar-refractivity contribution in [1.29, 1.82) is 0 Å². The Hall–Kier alpha value is -0.450. The predicted octanol–water partition coefficient (Wildman–Crippen LogP) is 3.10. The van der Waals surface area contributed by atoms with Gasteiger partial charge in [0.15, 0.2) is 0 Å². The first-order valence-corrected chi connectivity index (χ1v) is 7.85. The number of nitrogens with one attached hydrogen (secondary N) is 1. The molecule has 2 heterocycles. The second-order valence-corrected chi connectivity index (χ2v) is 5.91. The minimum absolute atomic E-state index is 0.175. The van der Waals surface area contributed by atoms with Gasteiger partial charge in [0.05, 0.1) is 5.69 Å². The van der Waals surface area contributed by atoms with Gasteiger partial charge in [0, 0.05) is 25.0 Å². The molecule has 1 saturated heterocycles. The highest BCUT2D eigenvalue weighted by atomic mass is 32.1. The summed E-state index contributed by atoms with van der Waals surface area (Å²) in [6.45, 7) is 5.51. The van der Waals surface area contributed by atoms with Gasteiger partial charge in [0.25, 0.3) is 0 Å². The largest absolute Gasteiger partial charge is 0.371 e. The minimum Gasteiger partial charge on any atom is -0.371 e. The fraction of sp³-hybridized carbons (Fsp3) is 0.786. The summed E-state index contributed by atoms with van der Waals surface area (Å²) in [5.74, 6) is 0. The van der Waals surface area contributed by atoms with Crippen molar-refractivity contribution in [2.75, 3.05) is 13.7 Å². The quantitative estimate of drug-likeness (QED) is 0.861. The summed E-state index contributed by atoms with van der Waals surface area (Å²) in [5.41, 5.74) is 1.05. The van der Waals surface area contributed by atoms with E-state index in [1.165, 1.54) is 18.5 Å².